The van der Waals surface area contributed by atoms with Gasteiger partial charge in [-0.05, 0) is 124 Å². The van der Waals surface area contributed by atoms with Gasteiger partial charge in [-0.15, -0.1) is 0 Å². The molecule has 0 saturated heterocycles. The van der Waals surface area contributed by atoms with Crippen molar-refractivity contribution in [2.45, 2.75) is 103 Å². The van der Waals surface area contributed by atoms with Gasteiger partial charge in [-0.2, -0.15) is 0 Å². The van der Waals surface area contributed by atoms with Crippen LogP contribution in [0.1, 0.15) is 97.8 Å². The molecule has 1 aliphatic carbocycles. The van der Waals surface area contributed by atoms with Gasteiger partial charge in [0, 0.05) is 55.4 Å². The van der Waals surface area contributed by atoms with Crippen LogP contribution in [-0.4, -0.2) is 16.8 Å². The Balaban J connectivity index is 1.11. The molecule has 0 N–H and O–H groups in total. The van der Waals surface area contributed by atoms with E-state index in [1.807, 2.05) is 0 Å². The van der Waals surface area contributed by atoms with Gasteiger partial charge in [0.1, 0.15) is 16.7 Å². The number of para-hydroxylation sites is 4. The van der Waals surface area contributed by atoms with Crippen LogP contribution in [0.15, 0.2) is 142 Å². The highest BCUT2D eigenvalue weighted by Gasteiger charge is 2.58. The maximum atomic E-state index is 6.99. The Hall–Kier alpha value is -6.66. The smallest absolute Gasteiger partial charge is 0.252 e. The van der Waals surface area contributed by atoms with Crippen molar-refractivity contribution in [1.29, 1.82) is 0 Å². The second kappa shape index (κ2) is 12.6. The monoisotopic (exact) mass is 859 g/mol. The molecule has 14 rings (SSSR count). The van der Waals surface area contributed by atoms with Crippen LogP contribution in [0.3, 0.4) is 0 Å². The maximum absolute atomic E-state index is 6.99. The summed E-state index contributed by atoms with van der Waals surface area (Å²) in [6, 6.07) is 50.5. The van der Waals surface area contributed by atoms with Crippen molar-refractivity contribution < 1.29 is 8.83 Å². The van der Waals surface area contributed by atoms with E-state index in [1.54, 1.807) is 0 Å². The van der Waals surface area contributed by atoms with E-state index in [-0.39, 0.29) is 28.5 Å². The summed E-state index contributed by atoms with van der Waals surface area (Å²) in [5.41, 5.74) is 21.2. The first-order valence-corrected chi connectivity index (χ1v) is 24.2. The summed E-state index contributed by atoms with van der Waals surface area (Å²) in [5.74, 6) is 0. The van der Waals surface area contributed by atoms with Crippen LogP contribution in [0.4, 0.5) is 28.4 Å². The summed E-state index contributed by atoms with van der Waals surface area (Å²) in [5, 5.41) is 4.56. The van der Waals surface area contributed by atoms with Crippen molar-refractivity contribution in [3.05, 3.63) is 150 Å². The third-order valence-corrected chi connectivity index (χ3v) is 16.8. The summed E-state index contributed by atoms with van der Waals surface area (Å²) in [6.07, 6.45) is 4.80. The zero-order valence-corrected chi connectivity index (χ0v) is 39.3. The quantitative estimate of drug-likeness (QED) is 0.162. The Labute approximate surface area is 386 Å². The van der Waals surface area contributed by atoms with Crippen LogP contribution in [0.2, 0.25) is 0 Å². The number of fused-ring (bicyclic) bond motifs is 15. The van der Waals surface area contributed by atoms with Gasteiger partial charge in [0.15, 0.2) is 11.2 Å². The van der Waals surface area contributed by atoms with E-state index in [1.165, 1.54) is 86.3 Å². The second-order valence-electron chi connectivity index (χ2n) is 22.4. The summed E-state index contributed by atoms with van der Waals surface area (Å²) < 4.78 is 16.4. The first kappa shape index (κ1) is 38.6. The molecule has 0 radical (unpaired) electrons. The van der Waals surface area contributed by atoms with E-state index in [2.05, 4.69) is 203 Å². The molecule has 1 fully saturated rings. The maximum Gasteiger partial charge on any atom is 0.252 e. The highest BCUT2D eigenvalue weighted by molar-refractivity contribution is 7.00. The van der Waals surface area contributed by atoms with E-state index >= 15 is 0 Å². The molecule has 1 saturated carbocycles. The zero-order valence-electron chi connectivity index (χ0n) is 39.3. The number of nitrogens with zero attached hydrogens (tertiary/aromatic N) is 3. The lowest BCUT2D eigenvalue weighted by molar-refractivity contribution is 0.195. The number of aromatic nitrogens is 1. The summed E-state index contributed by atoms with van der Waals surface area (Å²) >= 11 is 0. The van der Waals surface area contributed by atoms with Crippen LogP contribution in [-0.2, 0) is 16.2 Å². The van der Waals surface area contributed by atoms with E-state index in [9.17, 15) is 0 Å². The molecule has 3 aliphatic heterocycles. The average Bonchev–Trinajstić information content (AvgIpc) is 4.02. The summed E-state index contributed by atoms with van der Waals surface area (Å²) in [4.78, 5) is 5.34. The minimum Gasteiger partial charge on any atom is -0.454 e. The molecule has 2 unspecified atom stereocenters. The SMILES string of the molecule is CC(C)(C)c1cc2c3c(c1)-n1c4c(cccc4c4oc5ccccc5c41)B3c1ccc(N3c4ccc(C(C)(C)C)cc4C4(C)CCCCC34C)cc1N2c1cccc2c1oc1ccccc12. The molecular weight excluding hydrogens is 805 g/mol. The average molecular weight is 860 g/mol. The third kappa shape index (κ3) is 4.77. The predicted octanol–water partition coefficient (Wildman–Crippen LogP) is 14.4. The Bertz CT molecular complexity index is 3760. The van der Waals surface area contributed by atoms with Gasteiger partial charge in [-0.1, -0.05) is 134 Å². The molecule has 5 nitrogen and oxygen atoms in total. The van der Waals surface area contributed by atoms with Gasteiger partial charge >= 0.3 is 0 Å². The zero-order chi connectivity index (χ0) is 44.8. The normalized spacial score (nSPS) is 19.9. The first-order valence-electron chi connectivity index (χ1n) is 24.2. The largest absolute Gasteiger partial charge is 0.454 e. The molecule has 6 heterocycles. The molecule has 0 bridgehead atoms. The molecule has 0 amide bonds. The lowest BCUT2D eigenvalue weighted by Gasteiger charge is -2.50. The van der Waals surface area contributed by atoms with E-state index in [4.69, 9.17) is 8.83 Å². The summed E-state index contributed by atoms with van der Waals surface area (Å²) in [7, 11) is 0. The number of hydrogen-bond acceptors (Lipinski definition) is 4. The second-order valence-corrected chi connectivity index (χ2v) is 22.4. The molecule has 10 aromatic rings. The van der Waals surface area contributed by atoms with Gasteiger partial charge < -0.3 is 23.2 Å². The van der Waals surface area contributed by atoms with Crippen LogP contribution >= 0.6 is 0 Å². The number of furan rings is 2. The predicted molar refractivity (Wildman–Crippen MR) is 277 cm³/mol. The fourth-order valence-corrected chi connectivity index (χ4v) is 13.2. The van der Waals surface area contributed by atoms with Crippen molar-refractivity contribution in [2.24, 2.45) is 0 Å². The molecule has 66 heavy (non-hydrogen) atoms. The standard InChI is InChI=1S/C60H54BN3O2/c1-57(2,3)35-25-28-45-42(31-35)59(7)29-13-14-30-60(59,8)64(45)37-26-27-43-47(34-37)62(46-22-16-19-39-38-17-9-11-23-50(38)65-55(39)46)48-32-36(58(4,5)6)33-49-52(48)61(43)44-21-15-20-41-53(44)63(49)54-40-18-10-12-24-51(40)66-56(41)54/h9-12,15-28,31-34H,13-14,29-30H2,1-8H3. The van der Waals surface area contributed by atoms with Gasteiger partial charge in [0.05, 0.1) is 16.7 Å². The molecule has 0 spiro atoms. The Morgan fingerprint density at radius 2 is 1.20 bits per heavy atom. The molecule has 6 heteroatoms. The molecule has 324 valence electrons. The number of rotatable bonds is 2. The van der Waals surface area contributed by atoms with Crippen molar-refractivity contribution in [3.63, 3.8) is 0 Å². The van der Waals surface area contributed by atoms with Gasteiger partial charge in [-0.25, -0.2) is 0 Å². The van der Waals surface area contributed by atoms with Gasteiger partial charge in [-0.3, -0.25) is 0 Å². The number of anilines is 5. The minimum atomic E-state index is -0.147. The molecule has 4 aliphatic rings. The number of benzene rings is 7. The minimum absolute atomic E-state index is 0.00588. The Kier molecular flexibility index (Phi) is 7.38. The van der Waals surface area contributed by atoms with Crippen molar-refractivity contribution >= 4 is 106 Å². The highest BCUT2D eigenvalue weighted by atomic mass is 16.3. The van der Waals surface area contributed by atoms with E-state index in [0.717, 1.165) is 61.5 Å². The molecule has 2 atom stereocenters. The topological polar surface area (TPSA) is 37.7 Å². The number of hydrogen-bond donors (Lipinski definition) is 0. The van der Waals surface area contributed by atoms with Gasteiger partial charge in [0.2, 0.25) is 0 Å². The third-order valence-electron chi connectivity index (χ3n) is 16.8. The van der Waals surface area contributed by atoms with Crippen LogP contribution in [0.5, 0.6) is 0 Å². The van der Waals surface area contributed by atoms with E-state index in [0.29, 0.717) is 0 Å². The van der Waals surface area contributed by atoms with Gasteiger partial charge in [0.25, 0.3) is 6.71 Å². The van der Waals surface area contributed by atoms with Crippen LogP contribution in [0.25, 0.3) is 60.6 Å². The highest BCUT2D eigenvalue weighted by Crippen LogP contribution is 2.62. The van der Waals surface area contributed by atoms with Crippen molar-refractivity contribution in [3.8, 4) is 5.69 Å². The summed E-state index contributed by atoms with van der Waals surface area (Å²) in [6.45, 7) is 19.2. The Morgan fingerprint density at radius 3 is 2.00 bits per heavy atom. The molecular formula is C60H54BN3O2. The first-order chi connectivity index (χ1) is 31.7. The van der Waals surface area contributed by atoms with Crippen LogP contribution < -0.4 is 26.2 Å². The fourth-order valence-electron chi connectivity index (χ4n) is 13.2. The van der Waals surface area contributed by atoms with Crippen molar-refractivity contribution in [2.75, 3.05) is 9.80 Å². The van der Waals surface area contributed by atoms with Crippen molar-refractivity contribution in [1.82, 2.24) is 4.57 Å². The Morgan fingerprint density at radius 1 is 0.515 bits per heavy atom. The molecule has 7 aromatic carbocycles. The molecule has 3 aromatic heterocycles. The fraction of sp³-hybridized carbons (Fsp3) is 0.267. The van der Waals surface area contributed by atoms with Crippen LogP contribution in [0, 0.1) is 0 Å². The van der Waals surface area contributed by atoms with E-state index < -0.39 is 0 Å². The lowest BCUT2D eigenvalue weighted by atomic mass is 9.33. The lowest BCUT2D eigenvalue weighted by Crippen LogP contribution is -2.60.